The van der Waals surface area contributed by atoms with Gasteiger partial charge in [0.05, 0.1) is 19.8 Å². The van der Waals surface area contributed by atoms with Gasteiger partial charge < -0.3 is 19.1 Å². The molecular formula is C16H25NO4. The van der Waals surface area contributed by atoms with Crippen LogP contribution in [-0.2, 0) is 16.1 Å². The molecule has 5 nitrogen and oxygen atoms in total. The Morgan fingerprint density at radius 2 is 1.76 bits per heavy atom. The largest absolute Gasteiger partial charge is 0.493 e. The Bertz CT molecular complexity index is 480. The van der Waals surface area contributed by atoms with Gasteiger partial charge in [0.2, 0.25) is 5.91 Å². The maximum Gasteiger partial charge on any atom is 0.248 e. The van der Waals surface area contributed by atoms with Gasteiger partial charge in [-0.3, -0.25) is 4.79 Å². The zero-order valence-corrected chi connectivity index (χ0v) is 13.7. The zero-order valence-electron chi connectivity index (χ0n) is 13.7. The lowest BCUT2D eigenvalue weighted by Gasteiger charge is -2.23. The van der Waals surface area contributed by atoms with Crippen molar-refractivity contribution < 1.29 is 19.0 Å². The molecule has 0 saturated heterocycles. The lowest BCUT2D eigenvalue weighted by atomic mass is 10.2. The minimum Gasteiger partial charge on any atom is -0.493 e. The van der Waals surface area contributed by atoms with Gasteiger partial charge in [-0.05, 0) is 38.5 Å². The van der Waals surface area contributed by atoms with E-state index in [9.17, 15) is 4.79 Å². The Kier molecular flexibility index (Phi) is 6.03. The van der Waals surface area contributed by atoms with Crippen LogP contribution in [0, 0.1) is 0 Å². The molecule has 1 aromatic rings. The fourth-order valence-corrected chi connectivity index (χ4v) is 1.73. The number of amides is 1. The lowest BCUT2D eigenvalue weighted by molar-refractivity contribution is -0.140. The number of nitrogens with zero attached hydrogens (tertiary/aromatic N) is 1. The number of ether oxygens (including phenoxy) is 3. The molecule has 0 aliphatic heterocycles. The third kappa shape index (κ3) is 5.63. The molecular weight excluding hydrogens is 270 g/mol. The van der Waals surface area contributed by atoms with Crippen LogP contribution >= 0.6 is 0 Å². The number of likely N-dealkylation sites (N-methyl/N-ethyl adjacent to an activating group) is 1. The first-order valence-corrected chi connectivity index (χ1v) is 6.85. The maximum absolute atomic E-state index is 12.0. The summed E-state index contributed by atoms with van der Waals surface area (Å²) in [7, 11) is 4.94. The average Bonchev–Trinajstić information content (AvgIpc) is 2.43. The molecule has 0 N–H and O–H groups in total. The van der Waals surface area contributed by atoms with Gasteiger partial charge in [-0.15, -0.1) is 0 Å². The van der Waals surface area contributed by atoms with Gasteiger partial charge in [0.15, 0.2) is 11.5 Å². The van der Waals surface area contributed by atoms with E-state index in [-0.39, 0.29) is 18.1 Å². The smallest absolute Gasteiger partial charge is 0.248 e. The number of methoxy groups -OCH3 is 2. The second-order valence-corrected chi connectivity index (χ2v) is 5.84. The molecule has 0 bridgehead atoms. The van der Waals surface area contributed by atoms with Crippen molar-refractivity contribution in [2.45, 2.75) is 32.9 Å². The minimum atomic E-state index is -0.320. The van der Waals surface area contributed by atoms with E-state index in [0.29, 0.717) is 18.0 Å². The average molecular weight is 295 g/mol. The molecule has 0 aromatic heterocycles. The van der Waals surface area contributed by atoms with Gasteiger partial charge in [0, 0.05) is 13.6 Å². The molecule has 0 fully saturated rings. The highest BCUT2D eigenvalue weighted by Gasteiger charge is 2.16. The summed E-state index contributed by atoms with van der Waals surface area (Å²) in [5.74, 6) is 1.27. The fourth-order valence-electron chi connectivity index (χ4n) is 1.73. The number of hydrogen-bond acceptors (Lipinski definition) is 4. The monoisotopic (exact) mass is 295 g/mol. The van der Waals surface area contributed by atoms with Crippen LogP contribution in [0.5, 0.6) is 11.5 Å². The van der Waals surface area contributed by atoms with Crippen LogP contribution in [0.2, 0.25) is 0 Å². The summed E-state index contributed by atoms with van der Waals surface area (Å²) in [4.78, 5) is 13.6. The predicted octanol–water partition coefficient (Wildman–Crippen LogP) is 2.48. The van der Waals surface area contributed by atoms with Crippen molar-refractivity contribution in [1.82, 2.24) is 4.90 Å². The zero-order chi connectivity index (χ0) is 16.0. The van der Waals surface area contributed by atoms with E-state index in [1.165, 1.54) is 0 Å². The summed E-state index contributed by atoms with van der Waals surface area (Å²) in [5.41, 5.74) is 0.652. The van der Waals surface area contributed by atoms with E-state index >= 15 is 0 Å². The van der Waals surface area contributed by atoms with Crippen molar-refractivity contribution in [3.8, 4) is 11.5 Å². The van der Waals surface area contributed by atoms with Gasteiger partial charge in [-0.25, -0.2) is 0 Å². The predicted molar refractivity (Wildman–Crippen MR) is 81.7 cm³/mol. The molecule has 1 aromatic carbocycles. The number of carbonyl (C=O) groups is 1. The van der Waals surface area contributed by atoms with Crippen molar-refractivity contribution >= 4 is 5.91 Å². The molecule has 118 valence electrons. The SMILES string of the molecule is COc1ccc(CN(C)C(=O)COC(C)(C)C)cc1OC. The second-order valence-electron chi connectivity index (χ2n) is 5.84. The Hall–Kier alpha value is -1.75. The molecule has 21 heavy (non-hydrogen) atoms. The minimum absolute atomic E-state index is 0.0558. The fraction of sp³-hybridized carbons (Fsp3) is 0.562. The van der Waals surface area contributed by atoms with E-state index in [4.69, 9.17) is 14.2 Å². The summed E-state index contributed by atoms with van der Waals surface area (Å²) in [6.45, 7) is 6.35. The van der Waals surface area contributed by atoms with Crippen molar-refractivity contribution in [3.63, 3.8) is 0 Å². The third-order valence-corrected chi connectivity index (χ3v) is 2.92. The highest BCUT2D eigenvalue weighted by atomic mass is 16.5. The first kappa shape index (κ1) is 17.3. The van der Waals surface area contributed by atoms with Gasteiger partial charge in [-0.1, -0.05) is 6.07 Å². The first-order valence-electron chi connectivity index (χ1n) is 6.85. The van der Waals surface area contributed by atoms with Crippen LogP contribution < -0.4 is 9.47 Å². The number of hydrogen-bond donors (Lipinski definition) is 0. The second kappa shape index (κ2) is 7.31. The third-order valence-electron chi connectivity index (χ3n) is 2.92. The normalized spacial score (nSPS) is 11.1. The molecule has 5 heteroatoms. The van der Waals surface area contributed by atoms with Crippen LogP contribution in [0.15, 0.2) is 18.2 Å². The van der Waals surface area contributed by atoms with Crippen LogP contribution in [0.25, 0.3) is 0 Å². The van der Waals surface area contributed by atoms with Gasteiger partial charge in [0.25, 0.3) is 0 Å². The van der Waals surface area contributed by atoms with Crippen LogP contribution in [0.4, 0.5) is 0 Å². The summed E-state index contributed by atoms with van der Waals surface area (Å²) >= 11 is 0. The molecule has 0 saturated carbocycles. The van der Waals surface area contributed by atoms with E-state index in [1.807, 2.05) is 39.0 Å². The Labute approximate surface area is 126 Å². The molecule has 0 aliphatic rings. The standard InChI is InChI=1S/C16H25NO4/c1-16(2,3)21-11-15(18)17(4)10-12-7-8-13(19-5)14(9-12)20-6/h7-9H,10-11H2,1-6H3. The molecule has 1 rings (SSSR count). The summed E-state index contributed by atoms with van der Waals surface area (Å²) in [6.07, 6.45) is 0. The maximum atomic E-state index is 12.0. The quantitative estimate of drug-likeness (QED) is 0.809. The molecule has 0 heterocycles. The van der Waals surface area contributed by atoms with E-state index in [0.717, 1.165) is 5.56 Å². The highest BCUT2D eigenvalue weighted by molar-refractivity contribution is 5.77. The highest BCUT2D eigenvalue weighted by Crippen LogP contribution is 2.27. The molecule has 1 amide bonds. The summed E-state index contributed by atoms with van der Waals surface area (Å²) in [5, 5.41) is 0. The number of rotatable bonds is 6. The number of benzene rings is 1. The topological polar surface area (TPSA) is 48.0 Å². The first-order chi connectivity index (χ1) is 9.76. The molecule has 0 spiro atoms. The lowest BCUT2D eigenvalue weighted by Crippen LogP contribution is -2.33. The van der Waals surface area contributed by atoms with Gasteiger partial charge in [-0.2, -0.15) is 0 Å². The molecule has 0 unspecified atom stereocenters. The van der Waals surface area contributed by atoms with Gasteiger partial charge >= 0.3 is 0 Å². The van der Waals surface area contributed by atoms with E-state index in [1.54, 1.807) is 26.2 Å². The Balaban J connectivity index is 2.66. The van der Waals surface area contributed by atoms with E-state index in [2.05, 4.69) is 0 Å². The molecule has 0 aliphatic carbocycles. The van der Waals surface area contributed by atoms with Crippen LogP contribution in [-0.4, -0.2) is 44.3 Å². The molecule has 0 atom stereocenters. The van der Waals surface area contributed by atoms with Crippen molar-refractivity contribution in [2.24, 2.45) is 0 Å². The summed E-state index contributed by atoms with van der Waals surface area (Å²) < 4.78 is 15.9. The van der Waals surface area contributed by atoms with Crippen LogP contribution in [0.1, 0.15) is 26.3 Å². The molecule has 0 radical (unpaired) electrons. The van der Waals surface area contributed by atoms with Crippen LogP contribution in [0.3, 0.4) is 0 Å². The summed E-state index contributed by atoms with van der Waals surface area (Å²) in [6, 6.07) is 5.61. The van der Waals surface area contributed by atoms with E-state index < -0.39 is 0 Å². The van der Waals surface area contributed by atoms with Gasteiger partial charge in [0.1, 0.15) is 6.61 Å². The Morgan fingerprint density at radius 3 is 2.29 bits per heavy atom. The Morgan fingerprint density at radius 1 is 1.14 bits per heavy atom. The van der Waals surface area contributed by atoms with Crippen molar-refractivity contribution in [1.29, 1.82) is 0 Å². The van der Waals surface area contributed by atoms with Crippen molar-refractivity contribution in [2.75, 3.05) is 27.9 Å². The van der Waals surface area contributed by atoms with Crippen molar-refractivity contribution in [3.05, 3.63) is 23.8 Å². The number of carbonyl (C=O) groups excluding carboxylic acids is 1.